The van der Waals surface area contributed by atoms with Gasteiger partial charge in [0.1, 0.15) is 0 Å². The van der Waals surface area contributed by atoms with Crippen molar-refractivity contribution in [2.75, 3.05) is 6.54 Å². The van der Waals surface area contributed by atoms with Crippen LogP contribution >= 0.6 is 12.2 Å². The SMILES string of the molecule is O=C(NCCc1ccccc1)c1ccc2c(=O)n(CCc3c[nH]c4ccccc34)c(=S)[nH]c2c1. The van der Waals surface area contributed by atoms with Gasteiger partial charge in [-0.15, -0.1) is 0 Å². The van der Waals surface area contributed by atoms with Gasteiger partial charge >= 0.3 is 0 Å². The van der Waals surface area contributed by atoms with Crippen molar-refractivity contribution in [2.24, 2.45) is 0 Å². The maximum atomic E-state index is 13.2. The van der Waals surface area contributed by atoms with E-state index < -0.39 is 0 Å². The average Bonchev–Trinajstić information content (AvgIpc) is 3.27. The molecule has 7 heteroatoms. The minimum atomic E-state index is -0.180. The number of nitrogens with zero attached hydrogens (tertiary/aromatic N) is 1. The molecule has 0 saturated heterocycles. The zero-order chi connectivity index (χ0) is 23.5. The van der Waals surface area contributed by atoms with E-state index in [0.29, 0.717) is 40.7 Å². The molecule has 0 fully saturated rings. The molecule has 3 aromatic carbocycles. The van der Waals surface area contributed by atoms with Crippen molar-refractivity contribution >= 4 is 39.9 Å². The van der Waals surface area contributed by atoms with Gasteiger partial charge in [0.05, 0.1) is 10.9 Å². The number of aromatic nitrogens is 3. The Hall–Kier alpha value is -3.97. The molecule has 0 atom stereocenters. The third-order valence-corrected chi connectivity index (χ3v) is 6.39. The number of hydrogen-bond acceptors (Lipinski definition) is 3. The molecule has 0 radical (unpaired) electrons. The number of rotatable bonds is 7. The first-order valence-electron chi connectivity index (χ1n) is 11.2. The molecule has 0 aliphatic heterocycles. The summed E-state index contributed by atoms with van der Waals surface area (Å²) in [6.45, 7) is 1.000. The normalized spacial score (nSPS) is 11.2. The summed E-state index contributed by atoms with van der Waals surface area (Å²) in [5, 5.41) is 4.59. The first kappa shape index (κ1) is 21.9. The average molecular weight is 469 g/mol. The summed E-state index contributed by atoms with van der Waals surface area (Å²) in [5.41, 5.74) is 4.27. The first-order chi connectivity index (χ1) is 16.6. The number of para-hydroxylation sites is 1. The quantitative estimate of drug-likeness (QED) is 0.301. The highest BCUT2D eigenvalue weighted by atomic mass is 32.1. The van der Waals surface area contributed by atoms with Gasteiger partial charge < -0.3 is 15.3 Å². The summed E-state index contributed by atoms with van der Waals surface area (Å²) in [6, 6.07) is 23.2. The lowest BCUT2D eigenvalue weighted by atomic mass is 10.1. The molecule has 0 aliphatic carbocycles. The highest BCUT2D eigenvalue weighted by Gasteiger charge is 2.11. The van der Waals surface area contributed by atoms with Crippen molar-refractivity contribution in [3.05, 3.63) is 111 Å². The Labute approximate surface area is 201 Å². The number of nitrogens with one attached hydrogen (secondary N) is 3. The van der Waals surface area contributed by atoms with Crippen molar-refractivity contribution in [3.63, 3.8) is 0 Å². The summed E-state index contributed by atoms with van der Waals surface area (Å²) < 4.78 is 1.93. The Morgan fingerprint density at radius 3 is 2.56 bits per heavy atom. The van der Waals surface area contributed by atoms with Gasteiger partial charge in [0.2, 0.25) is 0 Å². The van der Waals surface area contributed by atoms with E-state index in [4.69, 9.17) is 12.2 Å². The molecule has 5 aromatic rings. The van der Waals surface area contributed by atoms with E-state index in [-0.39, 0.29) is 11.5 Å². The Bertz CT molecular complexity index is 1600. The summed E-state index contributed by atoms with van der Waals surface area (Å²) in [4.78, 5) is 32.2. The van der Waals surface area contributed by atoms with E-state index in [2.05, 4.69) is 21.4 Å². The second kappa shape index (κ2) is 9.49. The van der Waals surface area contributed by atoms with E-state index in [0.717, 1.165) is 22.9 Å². The zero-order valence-corrected chi connectivity index (χ0v) is 19.3. The van der Waals surface area contributed by atoms with Crippen LogP contribution in [-0.4, -0.2) is 27.0 Å². The molecule has 2 aromatic heterocycles. The fourth-order valence-corrected chi connectivity index (χ4v) is 4.52. The van der Waals surface area contributed by atoms with Crippen molar-refractivity contribution in [1.82, 2.24) is 19.9 Å². The Morgan fingerprint density at radius 1 is 0.912 bits per heavy atom. The fraction of sp³-hybridized carbons (Fsp3) is 0.148. The molecule has 6 nitrogen and oxygen atoms in total. The number of hydrogen-bond donors (Lipinski definition) is 3. The van der Waals surface area contributed by atoms with E-state index in [1.807, 2.05) is 54.7 Å². The van der Waals surface area contributed by atoms with Crippen LogP contribution in [0.25, 0.3) is 21.8 Å². The van der Waals surface area contributed by atoms with Gasteiger partial charge in [-0.25, -0.2) is 0 Å². The molecule has 0 saturated carbocycles. The van der Waals surface area contributed by atoms with Crippen molar-refractivity contribution < 1.29 is 4.79 Å². The number of carbonyl (C=O) groups excluding carboxylic acids is 1. The Kier molecular flexibility index (Phi) is 6.10. The predicted molar refractivity (Wildman–Crippen MR) is 138 cm³/mol. The maximum absolute atomic E-state index is 13.2. The summed E-state index contributed by atoms with van der Waals surface area (Å²) in [7, 11) is 0. The van der Waals surface area contributed by atoms with Gasteiger partial charge in [-0.3, -0.25) is 14.2 Å². The first-order valence-corrected chi connectivity index (χ1v) is 11.6. The molecule has 0 unspecified atom stereocenters. The fourth-order valence-electron chi connectivity index (χ4n) is 4.24. The molecule has 0 aliphatic rings. The number of amides is 1. The van der Waals surface area contributed by atoms with Gasteiger partial charge in [0.25, 0.3) is 11.5 Å². The molecule has 3 N–H and O–H groups in total. The largest absolute Gasteiger partial charge is 0.361 e. The molecule has 34 heavy (non-hydrogen) atoms. The molecule has 2 heterocycles. The Morgan fingerprint density at radius 2 is 1.71 bits per heavy atom. The number of H-pyrrole nitrogens is 2. The topological polar surface area (TPSA) is 82.7 Å². The molecule has 170 valence electrons. The third-order valence-electron chi connectivity index (χ3n) is 6.07. The second-order valence-corrected chi connectivity index (χ2v) is 8.64. The van der Waals surface area contributed by atoms with Crippen molar-refractivity contribution in [2.45, 2.75) is 19.4 Å². The van der Waals surface area contributed by atoms with Crippen LogP contribution in [0.3, 0.4) is 0 Å². The van der Waals surface area contributed by atoms with Crippen molar-refractivity contribution in [3.8, 4) is 0 Å². The lowest BCUT2D eigenvalue weighted by Gasteiger charge is -2.10. The van der Waals surface area contributed by atoms with Crippen LogP contribution in [0, 0.1) is 4.77 Å². The number of aromatic amines is 2. The van der Waals surface area contributed by atoms with Crippen LogP contribution in [-0.2, 0) is 19.4 Å². The number of fused-ring (bicyclic) bond motifs is 2. The molecule has 1 amide bonds. The van der Waals surface area contributed by atoms with E-state index in [1.54, 1.807) is 22.8 Å². The Balaban J connectivity index is 1.33. The van der Waals surface area contributed by atoms with Crippen LogP contribution in [0.2, 0.25) is 0 Å². The number of benzene rings is 3. The van der Waals surface area contributed by atoms with Crippen LogP contribution < -0.4 is 10.9 Å². The molecular weight excluding hydrogens is 444 g/mol. The zero-order valence-electron chi connectivity index (χ0n) is 18.5. The number of carbonyl (C=O) groups is 1. The summed E-state index contributed by atoms with van der Waals surface area (Å²) in [5.74, 6) is -0.180. The van der Waals surface area contributed by atoms with E-state index in [9.17, 15) is 9.59 Å². The summed E-state index contributed by atoms with van der Waals surface area (Å²) >= 11 is 5.49. The van der Waals surface area contributed by atoms with Gasteiger partial charge in [0, 0.05) is 35.8 Å². The van der Waals surface area contributed by atoms with Crippen molar-refractivity contribution in [1.29, 1.82) is 0 Å². The van der Waals surface area contributed by atoms with Crippen LogP contribution in [0.15, 0.2) is 83.8 Å². The molecular formula is C27H24N4O2S. The molecule has 0 bridgehead atoms. The van der Waals surface area contributed by atoms with Gasteiger partial charge in [0.15, 0.2) is 4.77 Å². The highest BCUT2D eigenvalue weighted by molar-refractivity contribution is 7.71. The third kappa shape index (κ3) is 4.43. The molecule has 0 spiro atoms. The van der Waals surface area contributed by atoms with Crippen LogP contribution in [0.1, 0.15) is 21.5 Å². The standard InChI is InChI=1S/C27H24N4O2S/c32-25(28-14-12-18-6-2-1-3-7-18)19-10-11-22-24(16-19)30-27(34)31(26(22)33)15-13-20-17-29-23-9-5-4-8-21(20)23/h1-11,16-17,29H,12-15H2,(H,28,32)(H,30,34). The number of aryl methyl sites for hydroxylation is 1. The van der Waals surface area contributed by atoms with E-state index >= 15 is 0 Å². The van der Waals surface area contributed by atoms with Crippen LogP contribution in [0.4, 0.5) is 0 Å². The smallest absolute Gasteiger partial charge is 0.262 e. The van der Waals surface area contributed by atoms with E-state index in [1.165, 1.54) is 5.56 Å². The predicted octanol–water partition coefficient (Wildman–Crippen LogP) is 4.76. The lowest BCUT2D eigenvalue weighted by molar-refractivity contribution is 0.0954. The van der Waals surface area contributed by atoms with Gasteiger partial charge in [-0.05, 0) is 60.5 Å². The summed E-state index contributed by atoms with van der Waals surface area (Å²) in [6.07, 6.45) is 3.41. The monoisotopic (exact) mass is 468 g/mol. The van der Waals surface area contributed by atoms with Crippen LogP contribution in [0.5, 0.6) is 0 Å². The van der Waals surface area contributed by atoms with Gasteiger partial charge in [-0.1, -0.05) is 48.5 Å². The minimum absolute atomic E-state index is 0.158. The highest BCUT2D eigenvalue weighted by Crippen LogP contribution is 2.19. The maximum Gasteiger partial charge on any atom is 0.262 e. The lowest BCUT2D eigenvalue weighted by Crippen LogP contribution is -2.26. The minimum Gasteiger partial charge on any atom is -0.361 e. The second-order valence-electron chi connectivity index (χ2n) is 8.25. The molecule has 5 rings (SSSR count). The van der Waals surface area contributed by atoms with Gasteiger partial charge in [-0.2, -0.15) is 0 Å².